The van der Waals surface area contributed by atoms with E-state index >= 15 is 0 Å². The van der Waals surface area contributed by atoms with E-state index in [1.54, 1.807) is 6.07 Å². The van der Waals surface area contributed by atoms with Crippen molar-refractivity contribution in [2.45, 2.75) is 26.0 Å². The molecule has 5 nitrogen and oxygen atoms in total. The molecule has 0 radical (unpaired) electrons. The number of aliphatic hydroxyl groups excluding tert-OH is 1. The van der Waals surface area contributed by atoms with E-state index in [1.165, 1.54) is 0 Å². The summed E-state index contributed by atoms with van der Waals surface area (Å²) < 4.78 is 0. The second-order valence-corrected chi connectivity index (χ2v) is 5.55. The van der Waals surface area contributed by atoms with Gasteiger partial charge in [0.2, 0.25) is 0 Å². The average Bonchev–Trinajstić information content (AvgIpc) is 2.87. The van der Waals surface area contributed by atoms with Gasteiger partial charge in [0.1, 0.15) is 5.82 Å². The van der Waals surface area contributed by atoms with Gasteiger partial charge in [-0.25, -0.2) is 4.98 Å². The van der Waals surface area contributed by atoms with Crippen LogP contribution in [0, 0.1) is 5.92 Å². The first-order valence-corrected chi connectivity index (χ1v) is 7.02. The van der Waals surface area contributed by atoms with Crippen molar-refractivity contribution < 1.29 is 5.11 Å². The third-order valence-corrected chi connectivity index (χ3v) is 4.03. The monoisotopic (exact) mass is 273 g/mol. The lowest BCUT2D eigenvalue weighted by atomic mass is 10.0. The zero-order chi connectivity index (χ0) is 14.1. The highest BCUT2D eigenvalue weighted by Gasteiger charge is 2.26. The number of H-pyrrole nitrogens is 1. The van der Waals surface area contributed by atoms with Gasteiger partial charge in [0, 0.05) is 6.54 Å². The van der Waals surface area contributed by atoms with Crippen molar-refractivity contribution >= 4 is 10.9 Å². The summed E-state index contributed by atoms with van der Waals surface area (Å²) in [4.78, 5) is 21.6. The van der Waals surface area contributed by atoms with Gasteiger partial charge in [-0.1, -0.05) is 12.1 Å². The molecule has 0 bridgehead atoms. The minimum absolute atomic E-state index is 0.0862. The van der Waals surface area contributed by atoms with E-state index in [0.29, 0.717) is 23.7 Å². The Balaban J connectivity index is 1.80. The fourth-order valence-electron chi connectivity index (χ4n) is 2.82. The molecule has 0 aliphatic carbocycles. The molecule has 1 aliphatic rings. The Labute approximate surface area is 117 Å². The van der Waals surface area contributed by atoms with E-state index in [0.717, 1.165) is 25.0 Å². The number of aromatic amines is 1. The predicted molar refractivity (Wildman–Crippen MR) is 77.4 cm³/mol. The molecule has 3 rings (SSSR count). The first-order valence-electron chi connectivity index (χ1n) is 7.02. The van der Waals surface area contributed by atoms with Gasteiger partial charge in [-0.3, -0.25) is 9.69 Å². The topological polar surface area (TPSA) is 69.2 Å². The Hall–Kier alpha value is -1.72. The number of hydrogen-bond acceptors (Lipinski definition) is 4. The van der Waals surface area contributed by atoms with Gasteiger partial charge in [-0.15, -0.1) is 0 Å². The number of benzene rings is 1. The predicted octanol–water partition coefficient (Wildman–Crippen LogP) is 1.13. The van der Waals surface area contributed by atoms with Gasteiger partial charge < -0.3 is 10.1 Å². The largest absolute Gasteiger partial charge is 0.393 e. The number of likely N-dealkylation sites (tertiary alicyclic amines) is 1. The maximum atomic E-state index is 12.0. The summed E-state index contributed by atoms with van der Waals surface area (Å²) in [5.74, 6) is 1.02. The van der Waals surface area contributed by atoms with E-state index in [9.17, 15) is 9.90 Å². The fraction of sp³-hybridized carbons (Fsp3) is 0.467. The van der Waals surface area contributed by atoms with Crippen LogP contribution in [0.3, 0.4) is 0 Å². The molecule has 2 atom stereocenters. The van der Waals surface area contributed by atoms with Gasteiger partial charge in [0.05, 0.1) is 23.6 Å². The van der Waals surface area contributed by atoms with Crippen molar-refractivity contribution in [3.8, 4) is 0 Å². The fourth-order valence-corrected chi connectivity index (χ4v) is 2.82. The third kappa shape index (κ3) is 2.59. The molecular weight excluding hydrogens is 254 g/mol. The summed E-state index contributed by atoms with van der Waals surface area (Å²) in [7, 11) is 0. The van der Waals surface area contributed by atoms with Gasteiger partial charge in [0.25, 0.3) is 5.56 Å². The molecule has 2 N–H and O–H groups in total. The molecule has 1 aliphatic heterocycles. The standard InChI is InChI=1S/C15H19N3O2/c1-10(19)11-6-7-18(8-11)9-14-16-13-5-3-2-4-12(13)15(20)17-14/h2-5,10-11,19H,6-9H2,1H3,(H,16,17,20). The Morgan fingerprint density at radius 1 is 1.50 bits per heavy atom. The smallest absolute Gasteiger partial charge is 0.258 e. The summed E-state index contributed by atoms with van der Waals surface area (Å²) >= 11 is 0. The molecule has 1 aromatic carbocycles. The van der Waals surface area contributed by atoms with Crippen molar-refractivity contribution in [3.05, 3.63) is 40.4 Å². The number of para-hydroxylation sites is 1. The van der Waals surface area contributed by atoms with Crippen LogP contribution in [0.5, 0.6) is 0 Å². The molecule has 2 heterocycles. The number of rotatable bonds is 3. The molecule has 1 saturated heterocycles. The zero-order valence-corrected chi connectivity index (χ0v) is 11.5. The van der Waals surface area contributed by atoms with E-state index in [4.69, 9.17) is 0 Å². The van der Waals surface area contributed by atoms with Crippen LogP contribution < -0.4 is 5.56 Å². The lowest BCUT2D eigenvalue weighted by Gasteiger charge is -2.16. The van der Waals surface area contributed by atoms with Crippen molar-refractivity contribution in [2.75, 3.05) is 13.1 Å². The Kier molecular flexibility index (Phi) is 3.54. The minimum Gasteiger partial charge on any atom is -0.393 e. The van der Waals surface area contributed by atoms with Crippen molar-refractivity contribution in [2.24, 2.45) is 5.92 Å². The second kappa shape index (κ2) is 5.34. The minimum atomic E-state index is -0.274. The summed E-state index contributed by atoms with van der Waals surface area (Å²) in [5.41, 5.74) is 0.648. The lowest BCUT2D eigenvalue weighted by Crippen LogP contribution is -2.26. The van der Waals surface area contributed by atoms with Crippen LogP contribution in [0.15, 0.2) is 29.1 Å². The molecule has 0 spiro atoms. The number of fused-ring (bicyclic) bond motifs is 1. The van der Waals surface area contributed by atoms with Crippen LogP contribution >= 0.6 is 0 Å². The number of nitrogens with zero attached hydrogens (tertiary/aromatic N) is 2. The molecule has 20 heavy (non-hydrogen) atoms. The third-order valence-electron chi connectivity index (χ3n) is 4.03. The lowest BCUT2D eigenvalue weighted by molar-refractivity contribution is 0.127. The quantitative estimate of drug-likeness (QED) is 0.879. The van der Waals surface area contributed by atoms with Crippen LogP contribution in [-0.4, -0.2) is 39.2 Å². The molecule has 1 aromatic heterocycles. The molecule has 2 aromatic rings. The van der Waals surface area contributed by atoms with Crippen LogP contribution in [0.25, 0.3) is 10.9 Å². The first-order chi connectivity index (χ1) is 9.63. The summed E-state index contributed by atoms with van der Waals surface area (Å²) in [6.45, 7) is 4.26. The van der Waals surface area contributed by atoms with Gasteiger partial charge >= 0.3 is 0 Å². The molecule has 106 valence electrons. The molecule has 1 fully saturated rings. The van der Waals surface area contributed by atoms with Gasteiger partial charge in [-0.05, 0) is 37.9 Å². The first kappa shape index (κ1) is 13.3. The van der Waals surface area contributed by atoms with Gasteiger partial charge in [0.15, 0.2) is 0 Å². The van der Waals surface area contributed by atoms with E-state index in [-0.39, 0.29) is 11.7 Å². The van der Waals surface area contributed by atoms with Crippen LogP contribution in [0.4, 0.5) is 0 Å². The van der Waals surface area contributed by atoms with E-state index < -0.39 is 0 Å². The maximum Gasteiger partial charge on any atom is 0.258 e. The van der Waals surface area contributed by atoms with Crippen molar-refractivity contribution in [1.29, 1.82) is 0 Å². The van der Waals surface area contributed by atoms with Crippen LogP contribution in [0.1, 0.15) is 19.2 Å². The van der Waals surface area contributed by atoms with Crippen LogP contribution in [0.2, 0.25) is 0 Å². The van der Waals surface area contributed by atoms with E-state index in [2.05, 4.69) is 14.9 Å². The second-order valence-electron chi connectivity index (χ2n) is 5.55. The zero-order valence-electron chi connectivity index (χ0n) is 11.5. The average molecular weight is 273 g/mol. The van der Waals surface area contributed by atoms with Crippen molar-refractivity contribution in [3.63, 3.8) is 0 Å². The molecule has 2 unspecified atom stereocenters. The molecular formula is C15H19N3O2. The summed E-state index contributed by atoms with van der Waals surface area (Å²) in [6, 6.07) is 7.37. The molecule has 0 amide bonds. The molecule has 0 saturated carbocycles. The molecule has 5 heteroatoms. The highest BCUT2D eigenvalue weighted by atomic mass is 16.3. The van der Waals surface area contributed by atoms with Crippen molar-refractivity contribution in [1.82, 2.24) is 14.9 Å². The highest BCUT2D eigenvalue weighted by molar-refractivity contribution is 5.77. The number of hydrogen-bond donors (Lipinski definition) is 2. The normalized spacial score (nSPS) is 21.4. The Morgan fingerprint density at radius 2 is 2.30 bits per heavy atom. The maximum absolute atomic E-state index is 12.0. The van der Waals surface area contributed by atoms with E-state index in [1.807, 2.05) is 25.1 Å². The number of nitrogens with one attached hydrogen (secondary N) is 1. The number of aliphatic hydroxyl groups is 1. The Bertz CT molecular complexity index is 665. The van der Waals surface area contributed by atoms with Gasteiger partial charge in [-0.2, -0.15) is 0 Å². The SMILES string of the molecule is CC(O)C1CCN(Cc2nc3ccccc3c(=O)[nH]2)C1. The summed E-state index contributed by atoms with van der Waals surface area (Å²) in [5, 5.41) is 10.2. The highest BCUT2D eigenvalue weighted by Crippen LogP contribution is 2.20. The summed E-state index contributed by atoms with van der Waals surface area (Å²) in [6.07, 6.45) is 0.721. The Morgan fingerprint density at radius 3 is 3.05 bits per heavy atom. The van der Waals surface area contributed by atoms with Crippen LogP contribution in [-0.2, 0) is 6.54 Å². The number of aromatic nitrogens is 2.